The Kier molecular flexibility index (Phi) is 3.67. The molecule has 0 saturated carbocycles. The molecule has 0 fully saturated rings. The summed E-state index contributed by atoms with van der Waals surface area (Å²) in [5.41, 5.74) is -0.790. The molecule has 0 aliphatic carbocycles. The summed E-state index contributed by atoms with van der Waals surface area (Å²) >= 11 is -2.51. The van der Waals surface area contributed by atoms with Gasteiger partial charge in [0, 0.05) is 0 Å². The molecule has 0 aliphatic heterocycles. The molecule has 0 aromatic heterocycles. The van der Waals surface area contributed by atoms with E-state index in [0.29, 0.717) is 0 Å². The number of hydrogen-bond acceptors (Lipinski definition) is 1. The average Bonchev–Trinajstić information content (AvgIpc) is 2.17. The molecule has 1 unspecified atom stereocenters. The third kappa shape index (κ3) is 3.19. The summed E-state index contributed by atoms with van der Waals surface area (Å²) in [5.74, 6) is 2.19. The van der Waals surface area contributed by atoms with Crippen LogP contribution in [0.4, 0.5) is 13.2 Å². The van der Waals surface area contributed by atoms with Crippen molar-refractivity contribution in [2.75, 3.05) is 0 Å². The van der Waals surface area contributed by atoms with E-state index in [2.05, 4.69) is 5.92 Å². The number of benzene rings is 1. The van der Waals surface area contributed by atoms with E-state index < -0.39 is 25.6 Å². The summed E-state index contributed by atoms with van der Waals surface area (Å²) in [6, 6.07) is 4.49. The SMILES string of the molecule is C#CC[Se](=O)c1cccc(C(F)(F)F)c1. The summed E-state index contributed by atoms with van der Waals surface area (Å²) in [7, 11) is 0. The Labute approximate surface area is 89.4 Å². The minimum atomic E-state index is -4.40. The summed E-state index contributed by atoms with van der Waals surface area (Å²) < 4.78 is 48.5. The maximum atomic E-state index is 12.3. The van der Waals surface area contributed by atoms with Gasteiger partial charge < -0.3 is 0 Å². The van der Waals surface area contributed by atoms with Gasteiger partial charge in [-0.1, -0.05) is 0 Å². The normalized spacial score (nSPS) is 13.2. The van der Waals surface area contributed by atoms with Crippen LogP contribution >= 0.6 is 0 Å². The summed E-state index contributed by atoms with van der Waals surface area (Å²) in [5, 5.41) is 0.0152. The van der Waals surface area contributed by atoms with Crippen molar-refractivity contribution in [3.05, 3.63) is 29.8 Å². The minimum absolute atomic E-state index is 0.0152. The zero-order valence-corrected chi connectivity index (χ0v) is 9.26. The molecule has 0 spiro atoms. The summed E-state index contributed by atoms with van der Waals surface area (Å²) in [6.45, 7) is 0. The fraction of sp³-hybridized carbons (Fsp3) is 0.200. The van der Waals surface area contributed by atoms with Crippen LogP contribution in [-0.4, -0.2) is 13.8 Å². The first-order valence-electron chi connectivity index (χ1n) is 3.94. The molecule has 0 heterocycles. The Hall–Kier alpha value is -1.11. The molecule has 1 rings (SSSR count). The second kappa shape index (κ2) is 4.61. The van der Waals surface area contributed by atoms with Crippen LogP contribution in [0.2, 0.25) is 5.32 Å². The summed E-state index contributed by atoms with van der Waals surface area (Å²) in [6.07, 6.45) is 0.545. The van der Waals surface area contributed by atoms with E-state index in [1.165, 1.54) is 12.1 Å². The van der Waals surface area contributed by atoms with Gasteiger partial charge in [0.25, 0.3) is 0 Å². The molecule has 1 atom stereocenters. The molecule has 1 nitrogen and oxygen atoms in total. The number of halogens is 3. The van der Waals surface area contributed by atoms with Gasteiger partial charge in [-0.2, -0.15) is 0 Å². The van der Waals surface area contributed by atoms with E-state index in [4.69, 9.17) is 6.42 Å². The van der Waals surface area contributed by atoms with Gasteiger partial charge in [0.15, 0.2) is 0 Å². The van der Waals surface area contributed by atoms with Crippen LogP contribution in [0, 0.1) is 12.3 Å². The Balaban J connectivity index is 3.04. The standard InChI is InChI=1S/C10H7F3OSe/c1-2-6-15(14)9-5-3-4-8(7-9)10(11,12)13/h1,3-5,7H,6H2. The van der Waals surface area contributed by atoms with Gasteiger partial charge in [0.2, 0.25) is 0 Å². The van der Waals surface area contributed by atoms with Gasteiger partial charge in [0.1, 0.15) is 0 Å². The first-order chi connectivity index (χ1) is 6.95. The molecule has 15 heavy (non-hydrogen) atoms. The van der Waals surface area contributed by atoms with Gasteiger partial charge in [-0.3, -0.25) is 0 Å². The van der Waals surface area contributed by atoms with Crippen LogP contribution in [0.5, 0.6) is 0 Å². The molecule has 1 aromatic rings. The fourth-order valence-electron chi connectivity index (χ4n) is 0.973. The van der Waals surface area contributed by atoms with E-state index in [9.17, 15) is 17.0 Å². The first kappa shape index (κ1) is 12.0. The monoisotopic (exact) mass is 280 g/mol. The van der Waals surface area contributed by atoms with Crippen molar-refractivity contribution in [1.29, 1.82) is 0 Å². The quantitative estimate of drug-likeness (QED) is 0.597. The van der Waals surface area contributed by atoms with Crippen molar-refractivity contribution in [2.24, 2.45) is 0 Å². The second-order valence-corrected chi connectivity index (χ2v) is 5.76. The third-order valence-corrected chi connectivity index (χ3v) is 4.17. The molecule has 0 amide bonds. The number of rotatable bonds is 2. The Morgan fingerprint density at radius 1 is 1.40 bits per heavy atom. The van der Waals surface area contributed by atoms with E-state index in [-0.39, 0.29) is 9.78 Å². The molecule has 80 valence electrons. The van der Waals surface area contributed by atoms with Crippen LogP contribution in [0.3, 0.4) is 0 Å². The average molecular weight is 279 g/mol. The fourth-order valence-corrected chi connectivity index (χ4v) is 2.67. The molecular weight excluding hydrogens is 272 g/mol. The first-order valence-corrected chi connectivity index (χ1v) is 6.71. The maximum absolute atomic E-state index is 12.3. The predicted molar refractivity (Wildman–Crippen MR) is 51.2 cm³/mol. The number of alkyl halides is 3. The van der Waals surface area contributed by atoms with Crippen molar-refractivity contribution in [3.8, 4) is 12.3 Å². The van der Waals surface area contributed by atoms with E-state index in [1.807, 2.05) is 0 Å². The van der Waals surface area contributed by atoms with Crippen LogP contribution < -0.4 is 4.46 Å². The van der Waals surface area contributed by atoms with Crippen LogP contribution in [0.1, 0.15) is 5.56 Å². The Bertz CT molecular complexity index is 417. The molecule has 1 aromatic carbocycles. The number of terminal acetylenes is 1. The number of hydrogen-bond donors (Lipinski definition) is 0. The Morgan fingerprint density at radius 3 is 2.60 bits per heavy atom. The van der Waals surface area contributed by atoms with Crippen LogP contribution in [-0.2, 0) is 10.0 Å². The van der Waals surface area contributed by atoms with E-state index in [1.54, 1.807) is 0 Å². The molecule has 0 radical (unpaired) electrons. The third-order valence-electron chi connectivity index (χ3n) is 1.64. The van der Waals surface area contributed by atoms with Crippen molar-refractivity contribution in [1.82, 2.24) is 0 Å². The van der Waals surface area contributed by atoms with Gasteiger partial charge in [-0.15, -0.1) is 0 Å². The topological polar surface area (TPSA) is 17.1 Å². The van der Waals surface area contributed by atoms with Crippen molar-refractivity contribution < 1.29 is 17.0 Å². The zero-order valence-electron chi connectivity index (χ0n) is 7.54. The molecular formula is C10H7F3OSe. The predicted octanol–water partition coefficient (Wildman–Crippen LogP) is 1.97. The molecule has 0 bridgehead atoms. The molecule has 0 aliphatic rings. The van der Waals surface area contributed by atoms with Crippen LogP contribution in [0.15, 0.2) is 24.3 Å². The van der Waals surface area contributed by atoms with Gasteiger partial charge in [-0.05, 0) is 0 Å². The van der Waals surface area contributed by atoms with E-state index in [0.717, 1.165) is 12.1 Å². The zero-order chi connectivity index (χ0) is 11.5. The Morgan fingerprint density at radius 2 is 2.07 bits per heavy atom. The molecule has 0 saturated heterocycles. The van der Waals surface area contributed by atoms with Crippen molar-refractivity contribution >= 4 is 18.3 Å². The van der Waals surface area contributed by atoms with Gasteiger partial charge >= 0.3 is 89.0 Å². The van der Waals surface area contributed by atoms with Crippen molar-refractivity contribution in [2.45, 2.75) is 11.5 Å². The van der Waals surface area contributed by atoms with Gasteiger partial charge in [0.05, 0.1) is 0 Å². The second-order valence-electron chi connectivity index (χ2n) is 2.72. The van der Waals surface area contributed by atoms with Crippen LogP contribution in [0.25, 0.3) is 0 Å². The van der Waals surface area contributed by atoms with E-state index >= 15 is 0 Å². The van der Waals surface area contributed by atoms with Crippen molar-refractivity contribution in [3.63, 3.8) is 0 Å². The van der Waals surface area contributed by atoms with Gasteiger partial charge in [-0.25, -0.2) is 0 Å². The summed E-state index contributed by atoms with van der Waals surface area (Å²) in [4.78, 5) is 0. The molecule has 0 N–H and O–H groups in total. The molecule has 5 heteroatoms.